The maximum absolute atomic E-state index is 14.1. The summed E-state index contributed by atoms with van der Waals surface area (Å²) in [5.74, 6) is -0.297. The predicted molar refractivity (Wildman–Crippen MR) is 84.9 cm³/mol. The molecule has 0 radical (unpaired) electrons. The Hall–Kier alpha value is -1.97. The van der Waals surface area contributed by atoms with Gasteiger partial charge < -0.3 is 5.73 Å². The molecule has 3 aromatic rings. The van der Waals surface area contributed by atoms with Crippen molar-refractivity contribution in [2.75, 3.05) is 6.54 Å². The Labute approximate surface area is 127 Å². The number of rotatable bonds is 3. The molecule has 2 nitrogen and oxygen atoms in total. The number of aromatic nitrogens is 1. The van der Waals surface area contributed by atoms with Gasteiger partial charge in [-0.1, -0.05) is 35.9 Å². The zero-order chi connectivity index (χ0) is 14.8. The molecule has 2 N–H and O–H groups in total. The Bertz CT molecular complexity index is 802. The summed E-state index contributed by atoms with van der Waals surface area (Å²) >= 11 is 6.20. The second-order valence-electron chi connectivity index (χ2n) is 4.83. The standard InChI is InChI=1S/C17H14ClFN2/c18-14-6-3-4-11-10-12(8-9-20)16(21-17(11)14)13-5-1-2-7-15(13)19/h1-7,10H,8-9,20H2. The van der Waals surface area contributed by atoms with Crippen LogP contribution in [-0.4, -0.2) is 11.5 Å². The molecule has 0 aliphatic carbocycles. The molecule has 0 amide bonds. The van der Waals surface area contributed by atoms with Gasteiger partial charge in [-0.25, -0.2) is 9.37 Å². The van der Waals surface area contributed by atoms with Gasteiger partial charge in [0.1, 0.15) is 5.82 Å². The van der Waals surface area contributed by atoms with Gasteiger partial charge in [0.15, 0.2) is 0 Å². The minimum atomic E-state index is -0.297. The molecule has 0 spiro atoms. The van der Waals surface area contributed by atoms with Crippen LogP contribution in [0.1, 0.15) is 5.56 Å². The topological polar surface area (TPSA) is 38.9 Å². The minimum Gasteiger partial charge on any atom is -0.330 e. The van der Waals surface area contributed by atoms with Crippen molar-refractivity contribution in [1.82, 2.24) is 4.98 Å². The van der Waals surface area contributed by atoms with E-state index in [9.17, 15) is 4.39 Å². The molecule has 0 aliphatic rings. The molecule has 0 bridgehead atoms. The number of nitrogens with two attached hydrogens (primary N) is 1. The first-order valence-electron chi connectivity index (χ1n) is 6.74. The first-order chi connectivity index (χ1) is 10.2. The number of fused-ring (bicyclic) bond motifs is 1. The molecule has 2 aromatic carbocycles. The van der Waals surface area contributed by atoms with Crippen molar-refractivity contribution < 1.29 is 4.39 Å². The molecule has 4 heteroatoms. The average Bonchev–Trinajstić information content (AvgIpc) is 2.48. The summed E-state index contributed by atoms with van der Waals surface area (Å²) in [7, 11) is 0. The van der Waals surface area contributed by atoms with E-state index in [0.29, 0.717) is 34.8 Å². The first-order valence-corrected chi connectivity index (χ1v) is 7.11. The van der Waals surface area contributed by atoms with E-state index in [1.54, 1.807) is 24.3 Å². The maximum atomic E-state index is 14.1. The fourth-order valence-corrected chi connectivity index (χ4v) is 2.66. The Kier molecular flexibility index (Phi) is 3.86. The molecule has 0 saturated carbocycles. The highest BCUT2D eigenvalue weighted by Crippen LogP contribution is 2.30. The highest BCUT2D eigenvalue weighted by Gasteiger charge is 2.13. The summed E-state index contributed by atoms with van der Waals surface area (Å²) in [5.41, 5.74) is 8.36. The second-order valence-corrected chi connectivity index (χ2v) is 5.23. The summed E-state index contributed by atoms with van der Waals surface area (Å²) in [6, 6.07) is 14.2. The SMILES string of the molecule is NCCc1cc2cccc(Cl)c2nc1-c1ccccc1F. The van der Waals surface area contributed by atoms with E-state index in [0.717, 1.165) is 10.9 Å². The minimum absolute atomic E-state index is 0.297. The van der Waals surface area contributed by atoms with E-state index in [1.165, 1.54) is 6.07 Å². The molecule has 1 aromatic heterocycles. The van der Waals surface area contributed by atoms with Gasteiger partial charge in [-0.2, -0.15) is 0 Å². The molecule has 106 valence electrons. The Morgan fingerprint density at radius 3 is 2.67 bits per heavy atom. The van der Waals surface area contributed by atoms with Crippen molar-refractivity contribution in [2.24, 2.45) is 5.73 Å². The van der Waals surface area contributed by atoms with Gasteiger partial charge in [-0.3, -0.25) is 0 Å². The third-order valence-corrected chi connectivity index (χ3v) is 3.72. The highest BCUT2D eigenvalue weighted by atomic mass is 35.5. The van der Waals surface area contributed by atoms with Crippen molar-refractivity contribution in [3.05, 3.63) is 64.9 Å². The van der Waals surface area contributed by atoms with Crippen molar-refractivity contribution >= 4 is 22.5 Å². The smallest absolute Gasteiger partial charge is 0.132 e. The largest absolute Gasteiger partial charge is 0.330 e. The number of hydrogen-bond acceptors (Lipinski definition) is 2. The number of pyridine rings is 1. The van der Waals surface area contributed by atoms with Crippen LogP contribution in [0, 0.1) is 5.82 Å². The highest BCUT2D eigenvalue weighted by molar-refractivity contribution is 6.35. The van der Waals surface area contributed by atoms with E-state index in [-0.39, 0.29) is 5.82 Å². The van der Waals surface area contributed by atoms with Crippen LogP contribution in [0.4, 0.5) is 4.39 Å². The van der Waals surface area contributed by atoms with Crippen LogP contribution in [0.5, 0.6) is 0 Å². The van der Waals surface area contributed by atoms with E-state index in [1.807, 2.05) is 18.2 Å². The van der Waals surface area contributed by atoms with Crippen LogP contribution in [0.25, 0.3) is 22.2 Å². The van der Waals surface area contributed by atoms with Gasteiger partial charge in [-0.05, 0) is 42.8 Å². The van der Waals surface area contributed by atoms with Crippen LogP contribution in [-0.2, 0) is 6.42 Å². The van der Waals surface area contributed by atoms with E-state index >= 15 is 0 Å². The van der Waals surface area contributed by atoms with Gasteiger partial charge >= 0.3 is 0 Å². The summed E-state index contributed by atoms with van der Waals surface area (Å²) in [5, 5.41) is 1.50. The van der Waals surface area contributed by atoms with Crippen LogP contribution in [0.15, 0.2) is 48.5 Å². The van der Waals surface area contributed by atoms with Crippen LogP contribution in [0.2, 0.25) is 5.02 Å². The summed E-state index contributed by atoms with van der Waals surface area (Å²) in [6.45, 7) is 0.481. The summed E-state index contributed by atoms with van der Waals surface area (Å²) in [4.78, 5) is 4.60. The molecule has 3 rings (SSSR count). The zero-order valence-electron chi connectivity index (χ0n) is 11.3. The number of halogens is 2. The molecular formula is C17H14ClFN2. The number of benzene rings is 2. The van der Waals surface area contributed by atoms with E-state index < -0.39 is 0 Å². The molecular weight excluding hydrogens is 287 g/mol. The molecule has 0 fully saturated rings. The van der Waals surface area contributed by atoms with Gasteiger partial charge in [0.2, 0.25) is 0 Å². The fourth-order valence-electron chi connectivity index (χ4n) is 2.44. The van der Waals surface area contributed by atoms with Crippen LogP contribution in [0.3, 0.4) is 0 Å². The van der Waals surface area contributed by atoms with Crippen molar-refractivity contribution in [1.29, 1.82) is 0 Å². The Morgan fingerprint density at radius 1 is 1.10 bits per heavy atom. The van der Waals surface area contributed by atoms with E-state index in [2.05, 4.69) is 4.98 Å². The lowest BCUT2D eigenvalue weighted by atomic mass is 10.0. The zero-order valence-corrected chi connectivity index (χ0v) is 12.1. The lowest BCUT2D eigenvalue weighted by Gasteiger charge is -2.11. The van der Waals surface area contributed by atoms with Gasteiger partial charge in [0.05, 0.1) is 16.2 Å². The second kappa shape index (κ2) is 5.80. The Morgan fingerprint density at radius 2 is 1.90 bits per heavy atom. The number of para-hydroxylation sites is 1. The maximum Gasteiger partial charge on any atom is 0.132 e. The van der Waals surface area contributed by atoms with Crippen molar-refractivity contribution in [3.8, 4) is 11.3 Å². The molecule has 0 saturated heterocycles. The number of nitrogens with zero attached hydrogens (tertiary/aromatic N) is 1. The van der Waals surface area contributed by atoms with Gasteiger partial charge in [-0.15, -0.1) is 0 Å². The number of hydrogen-bond donors (Lipinski definition) is 1. The van der Waals surface area contributed by atoms with Gasteiger partial charge in [0, 0.05) is 10.9 Å². The third kappa shape index (κ3) is 2.62. The van der Waals surface area contributed by atoms with Gasteiger partial charge in [0.25, 0.3) is 0 Å². The van der Waals surface area contributed by atoms with E-state index in [4.69, 9.17) is 17.3 Å². The van der Waals surface area contributed by atoms with Crippen LogP contribution >= 0.6 is 11.6 Å². The summed E-state index contributed by atoms with van der Waals surface area (Å²) < 4.78 is 14.1. The molecule has 21 heavy (non-hydrogen) atoms. The van der Waals surface area contributed by atoms with Crippen LogP contribution < -0.4 is 5.73 Å². The normalized spacial score (nSPS) is 11.0. The monoisotopic (exact) mass is 300 g/mol. The first kappa shape index (κ1) is 14.0. The Balaban J connectivity index is 2.31. The molecule has 0 atom stereocenters. The van der Waals surface area contributed by atoms with Crippen molar-refractivity contribution in [3.63, 3.8) is 0 Å². The lowest BCUT2D eigenvalue weighted by molar-refractivity contribution is 0.630. The predicted octanol–water partition coefficient (Wildman–Crippen LogP) is 4.20. The average molecular weight is 301 g/mol. The summed E-state index contributed by atoms with van der Waals surface area (Å²) in [6.07, 6.45) is 0.638. The molecule has 0 aliphatic heterocycles. The third-order valence-electron chi connectivity index (χ3n) is 3.42. The van der Waals surface area contributed by atoms with Crippen molar-refractivity contribution in [2.45, 2.75) is 6.42 Å². The molecule has 1 heterocycles. The fraction of sp³-hybridized carbons (Fsp3) is 0.118. The lowest BCUT2D eigenvalue weighted by Crippen LogP contribution is -2.06. The quantitative estimate of drug-likeness (QED) is 0.787. The molecule has 0 unspecified atom stereocenters.